The maximum Gasteiger partial charge on any atom is 0.217 e. The first-order valence-corrected chi connectivity index (χ1v) is 5.75. The molecule has 5 nitrogen and oxygen atoms in total. The second-order valence-electron chi connectivity index (χ2n) is 4.53. The quantitative estimate of drug-likeness (QED) is 0.793. The number of terminal acetylenes is 1. The van der Waals surface area contributed by atoms with Crippen LogP contribution in [0.3, 0.4) is 0 Å². The topological polar surface area (TPSA) is 59.8 Å². The molecule has 1 saturated carbocycles. The molecule has 0 spiro atoms. The van der Waals surface area contributed by atoms with Crippen LogP contribution in [0.2, 0.25) is 0 Å². The fourth-order valence-corrected chi connectivity index (χ4v) is 1.99. The zero-order chi connectivity index (χ0) is 12.4. The first kappa shape index (κ1) is 11.6. The van der Waals surface area contributed by atoms with Crippen LogP contribution < -0.4 is 5.32 Å². The van der Waals surface area contributed by atoms with E-state index in [1.165, 1.54) is 6.92 Å². The van der Waals surface area contributed by atoms with Crippen LogP contribution in [0.5, 0.6) is 0 Å². The third-order valence-corrected chi connectivity index (χ3v) is 3.11. The summed E-state index contributed by atoms with van der Waals surface area (Å²) in [4.78, 5) is 10.9. The lowest BCUT2D eigenvalue weighted by Crippen LogP contribution is -2.26. The lowest BCUT2D eigenvalue weighted by molar-refractivity contribution is -0.119. The summed E-state index contributed by atoms with van der Waals surface area (Å²) in [7, 11) is 0. The Morgan fingerprint density at radius 3 is 3.00 bits per heavy atom. The molecule has 1 fully saturated rings. The summed E-state index contributed by atoms with van der Waals surface area (Å²) in [5.74, 6) is 3.05. The lowest BCUT2D eigenvalue weighted by atomic mass is 9.81. The number of carbonyl (C=O) groups excluding carboxylic acids is 1. The van der Waals surface area contributed by atoms with Gasteiger partial charge in [-0.05, 0) is 19.8 Å². The molecular weight excluding hydrogens is 216 g/mol. The molecular formula is C12H16N4O. The van der Waals surface area contributed by atoms with Gasteiger partial charge in [0.05, 0.1) is 18.3 Å². The summed E-state index contributed by atoms with van der Waals surface area (Å²) >= 11 is 0. The van der Waals surface area contributed by atoms with E-state index in [0.29, 0.717) is 12.0 Å². The van der Waals surface area contributed by atoms with Crippen LogP contribution in [-0.2, 0) is 4.79 Å². The van der Waals surface area contributed by atoms with Gasteiger partial charge in [-0.15, -0.1) is 17.4 Å². The van der Waals surface area contributed by atoms with Crippen molar-refractivity contribution in [2.24, 2.45) is 5.92 Å². The van der Waals surface area contributed by atoms with E-state index in [1.807, 2.05) is 17.8 Å². The molecule has 1 heterocycles. The Labute approximate surface area is 101 Å². The molecule has 5 heteroatoms. The van der Waals surface area contributed by atoms with Gasteiger partial charge in [0.15, 0.2) is 0 Å². The van der Waals surface area contributed by atoms with Gasteiger partial charge in [0.25, 0.3) is 0 Å². The molecule has 0 aromatic carbocycles. The third-order valence-electron chi connectivity index (χ3n) is 3.11. The standard InChI is InChI=1S/C12H16N4O/c1-4-10-5-11(6-10)16-7-12(14-15-16)8(2)13-9(3)17/h1,7-8,10-11H,5-6H2,2-3H3,(H,13,17). The molecule has 17 heavy (non-hydrogen) atoms. The zero-order valence-electron chi connectivity index (χ0n) is 10.1. The SMILES string of the molecule is C#CC1CC(n2cc(C(C)NC(C)=O)nn2)C1. The van der Waals surface area contributed by atoms with Crippen LogP contribution in [-0.4, -0.2) is 20.9 Å². The summed E-state index contributed by atoms with van der Waals surface area (Å²) in [6.45, 7) is 3.38. The summed E-state index contributed by atoms with van der Waals surface area (Å²) < 4.78 is 1.85. The second kappa shape index (κ2) is 4.58. The molecule has 1 aliphatic carbocycles. The summed E-state index contributed by atoms with van der Waals surface area (Å²) in [5.41, 5.74) is 0.782. The van der Waals surface area contributed by atoms with Gasteiger partial charge < -0.3 is 5.32 Å². The van der Waals surface area contributed by atoms with Crippen LogP contribution in [0, 0.1) is 18.3 Å². The fraction of sp³-hybridized carbons (Fsp3) is 0.583. The van der Waals surface area contributed by atoms with Gasteiger partial charge in [0.2, 0.25) is 5.91 Å². The number of rotatable bonds is 3. The van der Waals surface area contributed by atoms with Crippen molar-refractivity contribution in [1.29, 1.82) is 0 Å². The molecule has 1 amide bonds. The highest BCUT2D eigenvalue weighted by molar-refractivity contribution is 5.73. The van der Waals surface area contributed by atoms with E-state index in [9.17, 15) is 4.79 Å². The van der Waals surface area contributed by atoms with Crippen LogP contribution in [0.25, 0.3) is 0 Å². The molecule has 1 aromatic rings. The number of aromatic nitrogens is 3. The van der Waals surface area contributed by atoms with E-state index in [4.69, 9.17) is 6.42 Å². The van der Waals surface area contributed by atoms with Gasteiger partial charge in [0, 0.05) is 12.8 Å². The van der Waals surface area contributed by atoms with E-state index < -0.39 is 0 Å². The Bertz CT molecular complexity index is 453. The molecule has 0 saturated heterocycles. The maximum atomic E-state index is 10.9. The van der Waals surface area contributed by atoms with Gasteiger partial charge in [-0.2, -0.15) is 0 Å². The second-order valence-corrected chi connectivity index (χ2v) is 4.53. The van der Waals surface area contributed by atoms with E-state index >= 15 is 0 Å². The molecule has 90 valence electrons. The Morgan fingerprint density at radius 2 is 2.41 bits per heavy atom. The minimum atomic E-state index is -0.107. The van der Waals surface area contributed by atoms with Crippen LogP contribution >= 0.6 is 0 Å². The molecule has 1 aromatic heterocycles. The van der Waals surface area contributed by atoms with E-state index in [2.05, 4.69) is 21.5 Å². The average molecular weight is 232 g/mol. The number of nitrogens with one attached hydrogen (secondary N) is 1. The van der Waals surface area contributed by atoms with Crippen molar-refractivity contribution in [3.8, 4) is 12.3 Å². The molecule has 0 radical (unpaired) electrons. The normalized spacial score (nSPS) is 24.5. The zero-order valence-corrected chi connectivity index (χ0v) is 10.1. The van der Waals surface area contributed by atoms with Crippen molar-refractivity contribution < 1.29 is 4.79 Å². The van der Waals surface area contributed by atoms with Crippen LogP contribution in [0.1, 0.15) is 44.5 Å². The van der Waals surface area contributed by atoms with Gasteiger partial charge in [0.1, 0.15) is 5.69 Å². The van der Waals surface area contributed by atoms with Crippen molar-refractivity contribution >= 4 is 5.91 Å². The first-order valence-electron chi connectivity index (χ1n) is 5.75. The molecule has 2 rings (SSSR count). The van der Waals surface area contributed by atoms with E-state index in [1.54, 1.807) is 0 Å². The Morgan fingerprint density at radius 1 is 1.71 bits per heavy atom. The monoisotopic (exact) mass is 232 g/mol. The van der Waals surface area contributed by atoms with Gasteiger partial charge in [-0.1, -0.05) is 5.21 Å². The average Bonchev–Trinajstić information content (AvgIpc) is 2.64. The van der Waals surface area contributed by atoms with Crippen molar-refractivity contribution in [2.45, 2.75) is 38.8 Å². The van der Waals surface area contributed by atoms with Crippen molar-refractivity contribution in [3.63, 3.8) is 0 Å². The predicted molar refractivity (Wildman–Crippen MR) is 62.8 cm³/mol. The maximum absolute atomic E-state index is 10.9. The summed E-state index contributed by atoms with van der Waals surface area (Å²) in [5, 5.41) is 10.9. The minimum Gasteiger partial charge on any atom is -0.348 e. The number of hydrogen-bond donors (Lipinski definition) is 1. The van der Waals surface area contributed by atoms with E-state index in [0.717, 1.165) is 18.5 Å². The molecule has 1 atom stereocenters. The van der Waals surface area contributed by atoms with Crippen LogP contribution in [0.4, 0.5) is 0 Å². The highest BCUT2D eigenvalue weighted by Crippen LogP contribution is 2.36. The third kappa shape index (κ3) is 2.47. The van der Waals surface area contributed by atoms with Gasteiger partial charge >= 0.3 is 0 Å². The van der Waals surface area contributed by atoms with Gasteiger partial charge in [-0.3, -0.25) is 4.79 Å². The molecule has 1 unspecified atom stereocenters. The molecule has 1 N–H and O–H groups in total. The highest BCUT2D eigenvalue weighted by atomic mass is 16.1. The van der Waals surface area contributed by atoms with Crippen LogP contribution in [0.15, 0.2) is 6.20 Å². The largest absolute Gasteiger partial charge is 0.348 e. The number of nitrogens with zero attached hydrogens (tertiary/aromatic N) is 3. The fourth-order valence-electron chi connectivity index (χ4n) is 1.99. The predicted octanol–water partition coefficient (Wildman–Crippen LogP) is 1.06. The summed E-state index contributed by atoms with van der Waals surface area (Å²) in [6.07, 6.45) is 9.16. The minimum absolute atomic E-state index is 0.0666. The smallest absolute Gasteiger partial charge is 0.217 e. The van der Waals surface area contributed by atoms with Gasteiger partial charge in [-0.25, -0.2) is 4.68 Å². The molecule has 0 aliphatic heterocycles. The highest BCUT2D eigenvalue weighted by Gasteiger charge is 2.30. The Kier molecular flexibility index (Phi) is 3.14. The van der Waals surface area contributed by atoms with E-state index in [-0.39, 0.29) is 11.9 Å². The number of amides is 1. The summed E-state index contributed by atoms with van der Waals surface area (Å²) in [6, 6.07) is 0.256. The van der Waals surface area contributed by atoms with Crippen molar-refractivity contribution in [3.05, 3.63) is 11.9 Å². The number of carbonyl (C=O) groups is 1. The van der Waals surface area contributed by atoms with Crippen molar-refractivity contribution in [2.75, 3.05) is 0 Å². The Hall–Kier alpha value is -1.83. The Balaban J connectivity index is 1.97. The lowest BCUT2D eigenvalue weighted by Gasteiger charge is -2.31. The van der Waals surface area contributed by atoms with Crippen molar-refractivity contribution in [1.82, 2.24) is 20.3 Å². The first-order chi connectivity index (χ1) is 8.10. The molecule has 0 bridgehead atoms. The number of hydrogen-bond acceptors (Lipinski definition) is 3. The molecule has 1 aliphatic rings.